The molecule has 1 saturated carbocycles. The van der Waals surface area contributed by atoms with E-state index >= 15 is 0 Å². The van der Waals surface area contributed by atoms with E-state index in [1.807, 2.05) is 0 Å². The van der Waals surface area contributed by atoms with E-state index < -0.39 is 20.9 Å². The quantitative estimate of drug-likeness (QED) is 0.702. The van der Waals surface area contributed by atoms with Crippen LogP contribution in [0.1, 0.15) is 39.0 Å². The molecule has 7 heteroatoms. The van der Waals surface area contributed by atoms with E-state index in [0.29, 0.717) is 19.3 Å². The van der Waals surface area contributed by atoms with Crippen molar-refractivity contribution in [3.05, 3.63) is 0 Å². The Bertz CT molecular complexity index is 403. The molecule has 0 saturated heterocycles. The lowest BCUT2D eigenvalue weighted by molar-refractivity contribution is 0.0333. The third kappa shape index (κ3) is 3.40. The van der Waals surface area contributed by atoms with Crippen LogP contribution in [0.15, 0.2) is 0 Å². The Morgan fingerprint density at radius 3 is 2.39 bits per heavy atom. The number of thiocarbonyl (C=S) groups is 1. The van der Waals surface area contributed by atoms with Crippen LogP contribution in [-0.2, 0) is 10.0 Å². The molecule has 1 unspecified atom stereocenters. The molecule has 1 aliphatic carbocycles. The maximum Gasteiger partial charge on any atom is 0.223 e. The van der Waals surface area contributed by atoms with E-state index in [2.05, 4.69) is 0 Å². The molecule has 5 nitrogen and oxygen atoms in total. The van der Waals surface area contributed by atoms with Crippen LogP contribution in [-0.4, -0.2) is 47.3 Å². The van der Waals surface area contributed by atoms with E-state index in [0.717, 1.165) is 12.8 Å². The highest BCUT2D eigenvalue weighted by molar-refractivity contribution is 7.92. The van der Waals surface area contributed by atoms with Gasteiger partial charge in [-0.15, -0.1) is 0 Å². The molecule has 0 amide bonds. The van der Waals surface area contributed by atoms with E-state index in [1.165, 1.54) is 11.4 Å². The number of hydrogen-bond donors (Lipinski definition) is 2. The zero-order chi connectivity index (χ0) is 14.0. The Balaban J connectivity index is 2.81. The van der Waals surface area contributed by atoms with E-state index in [-0.39, 0.29) is 11.5 Å². The third-order valence-electron chi connectivity index (χ3n) is 3.53. The Kier molecular flexibility index (Phi) is 5.11. The normalized spacial score (nSPS) is 21.1. The van der Waals surface area contributed by atoms with Gasteiger partial charge >= 0.3 is 0 Å². The summed E-state index contributed by atoms with van der Waals surface area (Å²) in [6.07, 6.45) is 3.53. The maximum absolute atomic E-state index is 12.3. The summed E-state index contributed by atoms with van der Waals surface area (Å²) in [6, 6.07) is 0. The van der Waals surface area contributed by atoms with Crippen LogP contribution in [0.5, 0.6) is 0 Å². The minimum absolute atomic E-state index is 0.0113. The molecule has 1 fully saturated rings. The zero-order valence-electron chi connectivity index (χ0n) is 10.9. The number of sulfonamides is 1. The molecule has 18 heavy (non-hydrogen) atoms. The minimum Gasteiger partial charge on any atom is -0.392 e. The van der Waals surface area contributed by atoms with Gasteiger partial charge in [-0.2, -0.15) is 0 Å². The molecule has 1 rings (SSSR count). The van der Waals surface area contributed by atoms with Gasteiger partial charge in [0.25, 0.3) is 0 Å². The number of hydrogen-bond acceptors (Lipinski definition) is 4. The number of nitrogens with two attached hydrogens (primary N) is 1. The molecule has 0 spiro atoms. The van der Waals surface area contributed by atoms with Gasteiger partial charge in [-0.25, -0.2) is 12.7 Å². The molecule has 3 N–H and O–H groups in total. The van der Waals surface area contributed by atoms with Gasteiger partial charge in [0.1, 0.15) is 5.25 Å². The van der Waals surface area contributed by atoms with E-state index in [9.17, 15) is 13.5 Å². The minimum atomic E-state index is -3.57. The average molecular weight is 294 g/mol. The Hall–Kier alpha value is -0.240. The smallest absolute Gasteiger partial charge is 0.223 e. The van der Waals surface area contributed by atoms with E-state index in [4.69, 9.17) is 18.0 Å². The number of rotatable bonds is 6. The van der Waals surface area contributed by atoms with Gasteiger partial charge in [0.05, 0.1) is 10.6 Å². The largest absolute Gasteiger partial charge is 0.392 e. The van der Waals surface area contributed by atoms with Crippen molar-refractivity contribution < 1.29 is 13.5 Å². The summed E-state index contributed by atoms with van der Waals surface area (Å²) in [7, 11) is -2.09. The summed E-state index contributed by atoms with van der Waals surface area (Å²) in [6.45, 7) is 1.86. The zero-order valence-corrected chi connectivity index (χ0v) is 12.6. The second-order valence-corrected chi connectivity index (χ2v) is 7.73. The molecule has 106 valence electrons. The molecule has 0 aromatic rings. The summed E-state index contributed by atoms with van der Waals surface area (Å²) in [4.78, 5) is -0.0113. The summed E-state index contributed by atoms with van der Waals surface area (Å²) < 4.78 is 25.8. The number of aliphatic hydroxyl groups is 1. The molecule has 0 heterocycles. The van der Waals surface area contributed by atoms with Crippen molar-refractivity contribution in [3.8, 4) is 0 Å². The van der Waals surface area contributed by atoms with Gasteiger partial charge < -0.3 is 10.8 Å². The predicted octanol–water partition coefficient (Wildman–Crippen LogP) is 0.618. The predicted molar refractivity (Wildman–Crippen MR) is 75.8 cm³/mol. The van der Waals surface area contributed by atoms with Crippen molar-refractivity contribution in [2.45, 2.75) is 49.9 Å². The van der Waals surface area contributed by atoms with Crippen LogP contribution in [0.2, 0.25) is 0 Å². The molecule has 0 aromatic carbocycles. The van der Waals surface area contributed by atoms with Crippen molar-refractivity contribution in [1.29, 1.82) is 0 Å². The Morgan fingerprint density at radius 1 is 1.50 bits per heavy atom. The molecular formula is C11H22N2O3S2. The van der Waals surface area contributed by atoms with Gasteiger partial charge in [-0.1, -0.05) is 32.0 Å². The summed E-state index contributed by atoms with van der Waals surface area (Å²) in [5.74, 6) is 0. The first-order chi connectivity index (χ1) is 8.23. The first kappa shape index (κ1) is 15.8. The van der Waals surface area contributed by atoms with Crippen LogP contribution in [0, 0.1) is 0 Å². The summed E-state index contributed by atoms with van der Waals surface area (Å²) in [5.41, 5.74) is 4.58. The van der Waals surface area contributed by atoms with Crippen molar-refractivity contribution in [2.24, 2.45) is 5.73 Å². The van der Waals surface area contributed by atoms with Crippen molar-refractivity contribution in [3.63, 3.8) is 0 Å². The second-order valence-electron chi connectivity index (χ2n) is 5.03. The van der Waals surface area contributed by atoms with Crippen LogP contribution in [0.3, 0.4) is 0 Å². The fourth-order valence-electron chi connectivity index (χ4n) is 2.47. The number of nitrogens with zero attached hydrogens (tertiary/aromatic N) is 1. The summed E-state index contributed by atoms with van der Waals surface area (Å²) >= 11 is 4.80. The van der Waals surface area contributed by atoms with Crippen LogP contribution < -0.4 is 5.73 Å². The first-order valence-electron chi connectivity index (χ1n) is 6.20. The molecule has 0 aromatic heterocycles. The highest BCUT2D eigenvalue weighted by Crippen LogP contribution is 2.31. The van der Waals surface area contributed by atoms with Gasteiger partial charge in [0.15, 0.2) is 0 Å². The second kappa shape index (κ2) is 5.81. The average Bonchev–Trinajstić information content (AvgIpc) is 2.64. The van der Waals surface area contributed by atoms with Crippen LogP contribution in [0.4, 0.5) is 0 Å². The molecule has 0 bridgehead atoms. The highest BCUT2D eigenvalue weighted by atomic mass is 32.2. The maximum atomic E-state index is 12.3. The van der Waals surface area contributed by atoms with Gasteiger partial charge in [-0.05, 0) is 19.3 Å². The lowest BCUT2D eigenvalue weighted by Crippen LogP contribution is -2.48. The fraction of sp³-hybridized carbons (Fsp3) is 0.909. The van der Waals surface area contributed by atoms with E-state index in [1.54, 1.807) is 6.92 Å². The standard InChI is InChI=1S/C11H22N2O3S2/c1-3-9(10(12)17)18(15,16)13(2)8-11(14)6-4-5-7-11/h9,14H,3-8H2,1-2H3,(H2,12,17). The van der Waals surface area contributed by atoms with Crippen LogP contribution in [0.25, 0.3) is 0 Å². The van der Waals surface area contributed by atoms with Crippen molar-refractivity contribution >= 4 is 27.2 Å². The fourth-order valence-corrected chi connectivity index (χ4v) is 4.57. The number of likely N-dealkylation sites (N-methyl/N-ethyl adjacent to an activating group) is 1. The lowest BCUT2D eigenvalue weighted by Gasteiger charge is -2.30. The first-order valence-corrected chi connectivity index (χ1v) is 8.11. The molecular weight excluding hydrogens is 272 g/mol. The molecule has 1 atom stereocenters. The topological polar surface area (TPSA) is 83.6 Å². The SMILES string of the molecule is CCC(C(N)=S)S(=O)(=O)N(C)CC1(O)CCCC1. The lowest BCUT2D eigenvalue weighted by atomic mass is 10.0. The monoisotopic (exact) mass is 294 g/mol. The van der Waals surface area contributed by atoms with Gasteiger partial charge in [0.2, 0.25) is 10.0 Å². The van der Waals surface area contributed by atoms with Crippen molar-refractivity contribution in [1.82, 2.24) is 4.31 Å². The molecule has 0 radical (unpaired) electrons. The van der Waals surface area contributed by atoms with Crippen LogP contribution >= 0.6 is 12.2 Å². The Labute approximate surface area is 114 Å². The molecule has 1 aliphatic rings. The third-order valence-corrected chi connectivity index (χ3v) is 6.27. The van der Waals surface area contributed by atoms with Gasteiger partial charge in [-0.3, -0.25) is 0 Å². The molecule has 0 aliphatic heterocycles. The highest BCUT2D eigenvalue weighted by Gasteiger charge is 2.38. The summed E-state index contributed by atoms with van der Waals surface area (Å²) in [5, 5.41) is 9.40. The van der Waals surface area contributed by atoms with Crippen molar-refractivity contribution in [2.75, 3.05) is 13.6 Å². The van der Waals surface area contributed by atoms with Gasteiger partial charge in [0, 0.05) is 13.6 Å². The Morgan fingerprint density at radius 2 is 2.00 bits per heavy atom.